The highest BCUT2D eigenvalue weighted by Gasteiger charge is 2.34. The van der Waals surface area contributed by atoms with Crippen molar-refractivity contribution in [1.29, 1.82) is 0 Å². The molecule has 2 N–H and O–H groups in total. The number of anilines is 2. The van der Waals surface area contributed by atoms with Crippen LogP contribution in [0.3, 0.4) is 0 Å². The standard InChI is InChI=1S/C16H10F3N5/c17-16(18,19)13-11-4-3-10(8-9(11)5-7-20-13)22-15-12-2-1-6-21-14(12)23-24-15/h1-8H,(H2,21,22,23,24). The largest absolute Gasteiger partial charge is 0.433 e. The number of hydrogen-bond donors (Lipinski definition) is 2. The van der Waals surface area contributed by atoms with Crippen LogP contribution in [-0.2, 0) is 6.18 Å². The lowest BCUT2D eigenvalue weighted by Crippen LogP contribution is -2.08. The molecule has 0 aliphatic carbocycles. The molecule has 4 rings (SSSR count). The third-order valence-electron chi connectivity index (χ3n) is 3.63. The van der Waals surface area contributed by atoms with Crippen LogP contribution in [0.2, 0.25) is 0 Å². The van der Waals surface area contributed by atoms with Gasteiger partial charge in [0, 0.05) is 23.5 Å². The molecule has 120 valence electrons. The summed E-state index contributed by atoms with van der Waals surface area (Å²) in [6.07, 6.45) is -1.70. The molecule has 0 amide bonds. The van der Waals surface area contributed by atoms with Crippen LogP contribution in [0.15, 0.2) is 48.8 Å². The van der Waals surface area contributed by atoms with Crippen LogP contribution in [0, 0.1) is 0 Å². The van der Waals surface area contributed by atoms with Crippen molar-refractivity contribution in [2.24, 2.45) is 0 Å². The average Bonchev–Trinajstić information content (AvgIpc) is 2.96. The van der Waals surface area contributed by atoms with Gasteiger partial charge in [-0.2, -0.15) is 18.3 Å². The molecule has 0 unspecified atom stereocenters. The van der Waals surface area contributed by atoms with E-state index in [2.05, 4.69) is 25.5 Å². The number of fused-ring (bicyclic) bond motifs is 2. The van der Waals surface area contributed by atoms with Crippen LogP contribution >= 0.6 is 0 Å². The van der Waals surface area contributed by atoms with Crippen molar-refractivity contribution in [3.8, 4) is 0 Å². The fourth-order valence-electron chi connectivity index (χ4n) is 2.57. The number of alkyl halides is 3. The van der Waals surface area contributed by atoms with Crippen LogP contribution in [0.25, 0.3) is 21.8 Å². The zero-order valence-electron chi connectivity index (χ0n) is 12.1. The highest BCUT2D eigenvalue weighted by atomic mass is 19.4. The summed E-state index contributed by atoms with van der Waals surface area (Å²) in [5.74, 6) is 0.627. The maximum Gasteiger partial charge on any atom is 0.433 e. The van der Waals surface area contributed by atoms with E-state index in [4.69, 9.17) is 0 Å². The second-order valence-corrected chi connectivity index (χ2v) is 5.19. The number of hydrogen-bond acceptors (Lipinski definition) is 4. The molecule has 0 aliphatic rings. The topological polar surface area (TPSA) is 66.5 Å². The number of aromatic amines is 1. The quantitative estimate of drug-likeness (QED) is 0.576. The van der Waals surface area contributed by atoms with E-state index in [1.54, 1.807) is 30.5 Å². The first-order valence-electron chi connectivity index (χ1n) is 7.04. The molecule has 0 radical (unpaired) electrons. The van der Waals surface area contributed by atoms with Gasteiger partial charge in [-0.3, -0.25) is 10.1 Å². The predicted molar refractivity (Wildman–Crippen MR) is 83.9 cm³/mol. The lowest BCUT2D eigenvalue weighted by molar-refractivity contribution is -0.139. The van der Waals surface area contributed by atoms with Gasteiger partial charge in [0.05, 0.1) is 5.39 Å². The number of nitrogens with one attached hydrogen (secondary N) is 2. The second-order valence-electron chi connectivity index (χ2n) is 5.19. The molecule has 0 fully saturated rings. The fourth-order valence-corrected chi connectivity index (χ4v) is 2.57. The summed E-state index contributed by atoms with van der Waals surface area (Å²) in [5, 5.41) is 11.3. The van der Waals surface area contributed by atoms with Crippen molar-refractivity contribution < 1.29 is 13.2 Å². The molecular formula is C16H10F3N5. The lowest BCUT2D eigenvalue weighted by Gasteiger charge is -2.11. The summed E-state index contributed by atoms with van der Waals surface area (Å²) >= 11 is 0. The molecular weight excluding hydrogens is 319 g/mol. The maximum atomic E-state index is 13.0. The van der Waals surface area contributed by atoms with Crippen LogP contribution in [0.1, 0.15) is 5.69 Å². The molecule has 0 saturated carbocycles. The van der Waals surface area contributed by atoms with Crippen molar-refractivity contribution in [3.63, 3.8) is 0 Å². The van der Waals surface area contributed by atoms with Crippen LogP contribution < -0.4 is 5.32 Å². The number of halogens is 3. The fraction of sp³-hybridized carbons (Fsp3) is 0.0625. The molecule has 3 aromatic heterocycles. The molecule has 8 heteroatoms. The Labute approximate surface area is 133 Å². The van der Waals surface area contributed by atoms with Crippen molar-refractivity contribution in [1.82, 2.24) is 20.2 Å². The van der Waals surface area contributed by atoms with Gasteiger partial charge in [-0.25, -0.2) is 4.98 Å². The Hall–Kier alpha value is -3.16. The first kappa shape index (κ1) is 14.4. The lowest BCUT2D eigenvalue weighted by atomic mass is 10.1. The minimum atomic E-state index is -4.49. The summed E-state index contributed by atoms with van der Waals surface area (Å²) in [4.78, 5) is 7.57. The molecule has 5 nitrogen and oxygen atoms in total. The van der Waals surface area contributed by atoms with E-state index in [0.717, 1.165) is 11.6 Å². The van der Waals surface area contributed by atoms with E-state index >= 15 is 0 Å². The van der Waals surface area contributed by atoms with Gasteiger partial charge in [0.2, 0.25) is 0 Å². The number of pyridine rings is 2. The molecule has 0 spiro atoms. The molecule has 0 atom stereocenters. The molecule has 4 aromatic rings. The Morgan fingerprint density at radius 3 is 2.67 bits per heavy atom. The SMILES string of the molecule is FC(F)(F)c1nccc2cc(Nc3[nH]nc4ncccc34)ccc12. The van der Waals surface area contributed by atoms with E-state index in [0.29, 0.717) is 22.5 Å². The van der Waals surface area contributed by atoms with E-state index in [1.807, 2.05) is 6.07 Å². The van der Waals surface area contributed by atoms with Gasteiger partial charge in [-0.15, -0.1) is 0 Å². The molecule has 24 heavy (non-hydrogen) atoms. The summed E-state index contributed by atoms with van der Waals surface area (Å²) in [5.41, 5.74) is 0.309. The maximum absolute atomic E-state index is 13.0. The Kier molecular flexibility index (Phi) is 3.12. The van der Waals surface area contributed by atoms with Crippen molar-refractivity contribution >= 4 is 33.3 Å². The van der Waals surface area contributed by atoms with Crippen molar-refractivity contribution in [2.45, 2.75) is 6.18 Å². The molecule has 0 saturated heterocycles. The minimum absolute atomic E-state index is 0.0617. The predicted octanol–water partition coefficient (Wildman–Crippen LogP) is 4.27. The van der Waals surface area contributed by atoms with E-state index < -0.39 is 11.9 Å². The first-order chi connectivity index (χ1) is 11.5. The van der Waals surface area contributed by atoms with Gasteiger partial charge in [0.15, 0.2) is 11.3 Å². The molecule has 3 heterocycles. The number of benzene rings is 1. The molecule has 0 bridgehead atoms. The van der Waals surface area contributed by atoms with Gasteiger partial charge in [0.1, 0.15) is 5.82 Å². The van der Waals surface area contributed by atoms with Gasteiger partial charge in [0.25, 0.3) is 0 Å². The average molecular weight is 329 g/mol. The number of aromatic nitrogens is 4. The summed E-state index contributed by atoms with van der Waals surface area (Å²) in [6, 6.07) is 9.79. The Morgan fingerprint density at radius 1 is 0.958 bits per heavy atom. The second kappa shape index (κ2) is 5.19. The minimum Gasteiger partial charge on any atom is -0.340 e. The summed E-state index contributed by atoms with van der Waals surface area (Å²) in [7, 11) is 0. The van der Waals surface area contributed by atoms with Crippen LogP contribution in [0.4, 0.5) is 24.7 Å². The van der Waals surface area contributed by atoms with Gasteiger partial charge >= 0.3 is 6.18 Å². The number of rotatable bonds is 2. The first-order valence-corrected chi connectivity index (χ1v) is 7.04. The Balaban J connectivity index is 1.76. The molecule has 1 aromatic carbocycles. The van der Waals surface area contributed by atoms with Crippen LogP contribution in [0.5, 0.6) is 0 Å². The number of nitrogens with zero attached hydrogens (tertiary/aromatic N) is 3. The summed E-state index contributed by atoms with van der Waals surface area (Å²) < 4.78 is 39.0. The van der Waals surface area contributed by atoms with E-state index in [1.165, 1.54) is 6.07 Å². The van der Waals surface area contributed by atoms with Gasteiger partial charge < -0.3 is 5.32 Å². The number of H-pyrrole nitrogens is 1. The normalized spacial score (nSPS) is 12.0. The summed E-state index contributed by atoms with van der Waals surface area (Å²) in [6.45, 7) is 0. The smallest absolute Gasteiger partial charge is 0.340 e. The zero-order valence-corrected chi connectivity index (χ0v) is 12.1. The van der Waals surface area contributed by atoms with E-state index in [-0.39, 0.29) is 5.39 Å². The van der Waals surface area contributed by atoms with Gasteiger partial charge in [-0.05, 0) is 35.7 Å². The van der Waals surface area contributed by atoms with E-state index in [9.17, 15) is 13.2 Å². The highest BCUT2D eigenvalue weighted by Crippen LogP contribution is 2.34. The van der Waals surface area contributed by atoms with Crippen LogP contribution in [-0.4, -0.2) is 20.2 Å². The third kappa shape index (κ3) is 2.41. The van der Waals surface area contributed by atoms with Crippen molar-refractivity contribution in [3.05, 3.63) is 54.5 Å². The molecule has 0 aliphatic heterocycles. The highest BCUT2D eigenvalue weighted by molar-refractivity contribution is 5.92. The monoisotopic (exact) mass is 329 g/mol. The Morgan fingerprint density at radius 2 is 1.83 bits per heavy atom. The van der Waals surface area contributed by atoms with Gasteiger partial charge in [-0.1, -0.05) is 6.07 Å². The third-order valence-corrected chi connectivity index (χ3v) is 3.63. The van der Waals surface area contributed by atoms with Crippen molar-refractivity contribution in [2.75, 3.05) is 5.32 Å². The zero-order chi connectivity index (χ0) is 16.7. The Bertz CT molecular complexity index is 1040.